The lowest BCUT2D eigenvalue weighted by Crippen LogP contribution is -2.39. The van der Waals surface area contributed by atoms with E-state index in [1.165, 1.54) is 0 Å². The Labute approximate surface area is 142 Å². The average molecular weight is 334 g/mol. The molecule has 0 heterocycles. The van der Waals surface area contributed by atoms with Crippen LogP contribution in [0.25, 0.3) is 0 Å². The van der Waals surface area contributed by atoms with Crippen molar-refractivity contribution in [3.63, 3.8) is 0 Å². The summed E-state index contributed by atoms with van der Waals surface area (Å²) in [6, 6.07) is 5.57. The molecule has 0 aromatic heterocycles. The van der Waals surface area contributed by atoms with Crippen LogP contribution in [0.1, 0.15) is 31.2 Å². The van der Waals surface area contributed by atoms with Crippen LogP contribution in [-0.4, -0.2) is 39.1 Å². The highest BCUT2D eigenvalue weighted by molar-refractivity contribution is 5.85. The van der Waals surface area contributed by atoms with E-state index in [0.717, 1.165) is 42.7 Å². The lowest BCUT2D eigenvalue weighted by Gasteiger charge is -2.12. The Bertz CT molecular complexity index is 568. The standard InChI is InChI=1S/C18H26N2O4/c1-23-15-7-8-16(24-2)14(11-15)9-10-19-17(21)12-20-18(22)13-5-3-4-6-13/h7-8,11,13H,3-6,9-10,12H2,1-2H3,(H,19,21)(H,20,22). The van der Waals surface area contributed by atoms with Crippen LogP contribution in [0.5, 0.6) is 11.5 Å². The first kappa shape index (κ1) is 18.1. The Morgan fingerprint density at radius 1 is 1.12 bits per heavy atom. The van der Waals surface area contributed by atoms with E-state index in [0.29, 0.717) is 13.0 Å². The zero-order valence-electron chi connectivity index (χ0n) is 14.4. The molecule has 6 heteroatoms. The van der Waals surface area contributed by atoms with Gasteiger partial charge < -0.3 is 20.1 Å². The van der Waals surface area contributed by atoms with Crippen LogP contribution in [-0.2, 0) is 16.0 Å². The van der Waals surface area contributed by atoms with Crippen LogP contribution in [0.2, 0.25) is 0 Å². The van der Waals surface area contributed by atoms with Crippen LogP contribution in [0.4, 0.5) is 0 Å². The van der Waals surface area contributed by atoms with Gasteiger partial charge in [-0.2, -0.15) is 0 Å². The second kappa shape index (κ2) is 9.15. The summed E-state index contributed by atoms with van der Waals surface area (Å²) in [6.07, 6.45) is 4.70. The van der Waals surface area contributed by atoms with E-state index in [2.05, 4.69) is 10.6 Å². The Morgan fingerprint density at radius 2 is 1.88 bits per heavy atom. The summed E-state index contributed by atoms with van der Waals surface area (Å²) < 4.78 is 10.5. The van der Waals surface area contributed by atoms with E-state index < -0.39 is 0 Å². The summed E-state index contributed by atoms with van der Waals surface area (Å²) in [5.74, 6) is 1.42. The molecule has 2 amide bonds. The molecule has 1 fully saturated rings. The van der Waals surface area contributed by atoms with Gasteiger partial charge in [0, 0.05) is 12.5 Å². The highest BCUT2D eigenvalue weighted by atomic mass is 16.5. The first-order valence-corrected chi connectivity index (χ1v) is 8.39. The molecule has 132 valence electrons. The highest BCUT2D eigenvalue weighted by Crippen LogP contribution is 2.25. The fraction of sp³-hybridized carbons (Fsp3) is 0.556. The largest absolute Gasteiger partial charge is 0.497 e. The maximum Gasteiger partial charge on any atom is 0.239 e. The lowest BCUT2D eigenvalue weighted by molar-refractivity contribution is -0.128. The number of hydrogen-bond donors (Lipinski definition) is 2. The molecule has 0 bridgehead atoms. The summed E-state index contributed by atoms with van der Waals surface area (Å²) in [5.41, 5.74) is 0.965. The Balaban J connectivity index is 1.73. The van der Waals surface area contributed by atoms with Gasteiger partial charge >= 0.3 is 0 Å². The first-order valence-electron chi connectivity index (χ1n) is 8.39. The van der Waals surface area contributed by atoms with E-state index in [1.807, 2.05) is 18.2 Å². The number of rotatable bonds is 8. The molecule has 1 saturated carbocycles. The van der Waals surface area contributed by atoms with Crippen molar-refractivity contribution in [1.29, 1.82) is 0 Å². The van der Waals surface area contributed by atoms with E-state index >= 15 is 0 Å². The van der Waals surface area contributed by atoms with Crippen LogP contribution in [0.3, 0.4) is 0 Å². The second-order valence-electron chi connectivity index (χ2n) is 5.98. The van der Waals surface area contributed by atoms with E-state index in [-0.39, 0.29) is 24.3 Å². The van der Waals surface area contributed by atoms with Gasteiger partial charge in [0.05, 0.1) is 20.8 Å². The molecule has 2 N–H and O–H groups in total. The van der Waals surface area contributed by atoms with Gasteiger partial charge in [-0.1, -0.05) is 12.8 Å². The fourth-order valence-electron chi connectivity index (χ4n) is 2.98. The Kier molecular flexibility index (Phi) is 6.90. The maximum atomic E-state index is 11.9. The molecule has 0 unspecified atom stereocenters. The quantitative estimate of drug-likeness (QED) is 0.758. The number of benzene rings is 1. The van der Waals surface area contributed by atoms with Gasteiger partial charge in [0.2, 0.25) is 11.8 Å². The molecule has 1 aromatic rings. The van der Waals surface area contributed by atoms with Gasteiger partial charge in [0.1, 0.15) is 11.5 Å². The number of carbonyl (C=O) groups is 2. The topological polar surface area (TPSA) is 76.7 Å². The smallest absolute Gasteiger partial charge is 0.239 e. The SMILES string of the molecule is COc1ccc(OC)c(CCNC(=O)CNC(=O)C2CCCC2)c1. The van der Waals surface area contributed by atoms with Crippen molar-refractivity contribution in [3.8, 4) is 11.5 Å². The van der Waals surface area contributed by atoms with Gasteiger partial charge in [0.15, 0.2) is 0 Å². The number of amides is 2. The van der Waals surface area contributed by atoms with Crippen molar-refractivity contribution in [1.82, 2.24) is 10.6 Å². The Hall–Kier alpha value is -2.24. The third-order valence-corrected chi connectivity index (χ3v) is 4.35. The van der Waals surface area contributed by atoms with Gasteiger partial charge in [-0.05, 0) is 43.0 Å². The molecule has 0 atom stereocenters. The molecular formula is C18H26N2O4. The number of nitrogens with one attached hydrogen (secondary N) is 2. The summed E-state index contributed by atoms with van der Waals surface area (Å²) in [5, 5.41) is 5.53. The fourth-order valence-corrected chi connectivity index (χ4v) is 2.98. The van der Waals surface area contributed by atoms with E-state index in [9.17, 15) is 9.59 Å². The summed E-state index contributed by atoms with van der Waals surface area (Å²) in [6.45, 7) is 0.506. The van der Waals surface area contributed by atoms with Crippen LogP contribution >= 0.6 is 0 Å². The predicted octanol–water partition coefficient (Wildman–Crippen LogP) is 1.67. The van der Waals surface area contributed by atoms with Crippen molar-refractivity contribution in [2.45, 2.75) is 32.1 Å². The van der Waals surface area contributed by atoms with Crippen molar-refractivity contribution < 1.29 is 19.1 Å². The molecule has 0 aliphatic heterocycles. The Morgan fingerprint density at radius 3 is 2.54 bits per heavy atom. The van der Waals surface area contributed by atoms with Crippen LogP contribution < -0.4 is 20.1 Å². The molecule has 1 aliphatic carbocycles. The van der Waals surface area contributed by atoms with Crippen molar-refractivity contribution >= 4 is 11.8 Å². The van der Waals surface area contributed by atoms with E-state index in [1.54, 1.807) is 14.2 Å². The molecule has 1 aliphatic rings. The van der Waals surface area contributed by atoms with Gasteiger partial charge in [-0.3, -0.25) is 9.59 Å². The molecule has 0 spiro atoms. The second-order valence-corrected chi connectivity index (χ2v) is 5.98. The molecule has 6 nitrogen and oxygen atoms in total. The van der Waals surface area contributed by atoms with Gasteiger partial charge in [-0.15, -0.1) is 0 Å². The number of methoxy groups -OCH3 is 2. The summed E-state index contributed by atoms with van der Waals surface area (Å²) in [7, 11) is 3.23. The van der Waals surface area contributed by atoms with Crippen LogP contribution in [0.15, 0.2) is 18.2 Å². The monoisotopic (exact) mass is 334 g/mol. The maximum absolute atomic E-state index is 11.9. The minimum atomic E-state index is -0.178. The normalized spacial score (nSPS) is 14.2. The summed E-state index contributed by atoms with van der Waals surface area (Å²) >= 11 is 0. The average Bonchev–Trinajstić information content (AvgIpc) is 3.14. The number of ether oxygens (including phenoxy) is 2. The minimum Gasteiger partial charge on any atom is -0.497 e. The third kappa shape index (κ3) is 5.15. The molecule has 1 aromatic carbocycles. The third-order valence-electron chi connectivity index (χ3n) is 4.35. The van der Waals surface area contributed by atoms with Gasteiger partial charge in [0.25, 0.3) is 0 Å². The van der Waals surface area contributed by atoms with Crippen LogP contribution in [0, 0.1) is 5.92 Å². The highest BCUT2D eigenvalue weighted by Gasteiger charge is 2.22. The molecular weight excluding hydrogens is 308 g/mol. The number of carbonyl (C=O) groups excluding carboxylic acids is 2. The first-order chi connectivity index (χ1) is 11.6. The lowest BCUT2D eigenvalue weighted by atomic mass is 10.1. The summed E-state index contributed by atoms with van der Waals surface area (Å²) in [4.78, 5) is 23.7. The predicted molar refractivity (Wildman–Crippen MR) is 91.2 cm³/mol. The molecule has 0 saturated heterocycles. The molecule has 0 radical (unpaired) electrons. The zero-order chi connectivity index (χ0) is 17.4. The zero-order valence-corrected chi connectivity index (χ0v) is 14.4. The number of hydrogen-bond acceptors (Lipinski definition) is 4. The van der Waals surface area contributed by atoms with Gasteiger partial charge in [-0.25, -0.2) is 0 Å². The van der Waals surface area contributed by atoms with Crippen molar-refractivity contribution in [2.24, 2.45) is 5.92 Å². The molecule has 24 heavy (non-hydrogen) atoms. The van der Waals surface area contributed by atoms with Crippen molar-refractivity contribution in [3.05, 3.63) is 23.8 Å². The van der Waals surface area contributed by atoms with Crippen molar-refractivity contribution in [2.75, 3.05) is 27.3 Å². The van der Waals surface area contributed by atoms with E-state index in [4.69, 9.17) is 9.47 Å². The molecule has 2 rings (SSSR count). The minimum absolute atomic E-state index is 0.00267.